The van der Waals surface area contributed by atoms with Gasteiger partial charge in [-0.25, -0.2) is 0 Å². The van der Waals surface area contributed by atoms with E-state index in [0.717, 1.165) is 52.4 Å². The molecule has 92 valence electrons. The second-order valence-electron chi connectivity index (χ2n) is 3.46. The van der Waals surface area contributed by atoms with Crippen LogP contribution in [-0.2, 0) is 4.74 Å². The van der Waals surface area contributed by atoms with E-state index in [1.165, 1.54) is 0 Å². The molecular formula is C11H27N3O. The summed E-state index contributed by atoms with van der Waals surface area (Å²) in [6.45, 7) is 12.3. The van der Waals surface area contributed by atoms with Gasteiger partial charge in [-0.3, -0.25) is 9.80 Å². The predicted octanol–water partition coefficient (Wildman–Crippen LogP) is 0.235. The van der Waals surface area contributed by atoms with Crippen molar-refractivity contribution in [1.29, 1.82) is 0 Å². The maximum Gasteiger partial charge on any atom is 0.0589 e. The van der Waals surface area contributed by atoms with E-state index in [1.54, 1.807) is 7.11 Å². The Bertz CT molecular complexity index is 125. The Labute approximate surface area is 94.4 Å². The molecule has 1 rings (SSSR count). The zero-order valence-corrected chi connectivity index (χ0v) is 10.5. The van der Waals surface area contributed by atoms with Gasteiger partial charge in [-0.1, -0.05) is 13.8 Å². The van der Waals surface area contributed by atoms with Crippen LogP contribution in [0.4, 0.5) is 0 Å². The SMILES string of the molecule is CC.COCCN1CCN(CCN)CC1. The van der Waals surface area contributed by atoms with Crippen molar-refractivity contribution in [2.45, 2.75) is 13.8 Å². The maximum atomic E-state index is 5.50. The van der Waals surface area contributed by atoms with Crippen LogP contribution in [0.5, 0.6) is 0 Å². The number of methoxy groups -OCH3 is 1. The summed E-state index contributed by atoms with van der Waals surface area (Å²) in [5.41, 5.74) is 5.50. The highest BCUT2D eigenvalue weighted by molar-refractivity contribution is 4.71. The first kappa shape index (κ1) is 14.8. The van der Waals surface area contributed by atoms with Crippen LogP contribution in [0.3, 0.4) is 0 Å². The molecule has 0 spiro atoms. The van der Waals surface area contributed by atoms with Crippen LogP contribution in [0.15, 0.2) is 0 Å². The fraction of sp³-hybridized carbons (Fsp3) is 1.00. The molecule has 0 aliphatic carbocycles. The van der Waals surface area contributed by atoms with Crippen LogP contribution in [0.1, 0.15) is 13.8 Å². The molecule has 1 aliphatic heterocycles. The quantitative estimate of drug-likeness (QED) is 0.716. The van der Waals surface area contributed by atoms with E-state index in [2.05, 4.69) is 9.80 Å². The molecule has 0 unspecified atom stereocenters. The fourth-order valence-corrected chi connectivity index (χ4v) is 1.64. The van der Waals surface area contributed by atoms with Gasteiger partial charge in [0.25, 0.3) is 0 Å². The molecule has 0 atom stereocenters. The number of rotatable bonds is 5. The largest absolute Gasteiger partial charge is 0.383 e. The number of hydrogen-bond donors (Lipinski definition) is 1. The zero-order valence-electron chi connectivity index (χ0n) is 10.5. The summed E-state index contributed by atoms with van der Waals surface area (Å²) in [7, 11) is 1.75. The maximum absolute atomic E-state index is 5.50. The van der Waals surface area contributed by atoms with Crippen molar-refractivity contribution >= 4 is 0 Å². The third kappa shape index (κ3) is 6.84. The van der Waals surface area contributed by atoms with Crippen molar-refractivity contribution in [1.82, 2.24) is 9.80 Å². The third-order valence-electron chi connectivity index (χ3n) is 2.52. The van der Waals surface area contributed by atoms with Crippen LogP contribution in [0, 0.1) is 0 Å². The first-order chi connectivity index (χ1) is 7.36. The molecule has 1 heterocycles. The van der Waals surface area contributed by atoms with E-state index in [0.29, 0.717) is 0 Å². The molecule has 4 heteroatoms. The topological polar surface area (TPSA) is 41.7 Å². The number of hydrogen-bond acceptors (Lipinski definition) is 4. The average Bonchev–Trinajstić information content (AvgIpc) is 2.31. The monoisotopic (exact) mass is 217 g/mol. The van der Waals surface area contributed by atoms with Gasteiger partial charge in [0.2, 0.25) is 0 Å². The highest BCUT2D eigenvalue weighted by atomic mass is 16.5. The van der Waals surface area contributed by atoms with E-state index in [4.69, 9.17) is 10.5 Å². The molecule has 1 saturated heterocycles. The van der Waals surface area contributed by atoms with Gasteiger partial charge in [0.05, 0.1) is 6.61 Å². The van der Waals surface area contributed by atoms with E-state index >= 15 is 0 Å². The van der Waals surface area contributed by atoms with Gasteiger partial charge in [0.15, 0.2) is 0 Å². The molecule has 1 aliphatic rings. The lowest BCUT2D eigenvalue weighted by Crippen LogP contribution is -2.48. The predicted molar refractivity (Wildman–Crippen MR) is 65.2 cm³/mol. The Kier molecular flexibility index (Phi) is 10.3. The van der Waals surface area contributed by atoms with Crippen molar-refractivity contribution in [2.75, 3.05) is 59.5 Å². The van der Waals surface area contributed by atoms with Crippen molar-refractivity contribution in [3.05, 3.63) is 0 Å². The normalized spacial score (nSPS) is 18.4. The summed E-state index contributed by atoms with van der Waals surface area (Å²) < 4.78 is 5.04. The van der Waals surface area contributed by atoms with Crippen LogP contribution < -0.4 is 5.73 Å². The highest BCUT2D eigenvalue weighted by Gasteiger charge is 2.14. The lowest BCUT2D eigenvalue weighted by Gasteiger charge is -2.34. The number of nitrogens with zero attached hydrogens (tertiary/aromatic N) is 2. The van der Waals surface area contributed by atoms with Gasteiger partial charge in [-0.15, -0.1) is 0 Å². The smallest absolute Gasteiger partial charge is 0.0589 e. The standard InChI is InChI=1S/C9H21N3O.C2H6/c1-13-9-8-12-6-4-11(3-2-10)5-7-12;1-2/h2-10H2,1H3;1-2H3. The first-order valence-electron chi connectivity index (χ1n) is 6.00. The minimum absolute atomic E-state index is 0.776. The van der Waals surface area contributed by atoms with E-state index in [-0.39, 0.29) is 0 Å². The van der Waals surface area contributed by atoms with Crippen molar-refractivity contribution in [3.8, 4) is 0 Å². The average molecular weight is 217 g/mol. The minimum Gasteiger partial charge on any atom is -0.383 e. The van der Waals surface area contributed by atoms with Crippen LogP contribution >= 0.6 is 0 Å². The second kappa shape index (κ2) is 10.4. The van der Waals surface area contributed by atoms with Crippen LogP contribution in [-0.4, -0.2) is 69.3 Å². The molecule has 0 aromatic rings. The number of nitrogens with two attached hydrogens (primary N) is 1. The van der Waals surface area contributed by atoms with E-state index in [1.807, 2.05) is 13.8 Å². The zero-order chi connectivity index (χ0) is 11.5. The summed E-state index contributed by atoms with van der Waals surface area (Å²) in [5, 5.41) is 0. The summed E-state index contributed by atoms with van der Waals surface area (Å²) >= 11 is 0. The Hall–Kier alpha value is -0.160. The van der Waals surface area contributed by atoms with Crippen LogP contribution in [0.25, 0.3) is 0 Å². The van der Waals surface area contributed by atoms with Crippen LogP contribution in [0.2, 0.25) is 0 Å². The highest BCUT2D eigenvalue weighted by Crippen LogP contribution is 1.99. The van der Waals surface area contributed by atoms with Crippen molar-refractivity contribution < 1.29 is 4.74 Å². The Morgan fingerprint density at radius 1 is 1.00 bits per heavy atom. The molecule has 0 radical (unpaired) electrons. The lowest BCUT2D eigenvalue weighted by molar-refractivity contribution is 0.0984. The summed E-state index contributed by atoms with van der Waals surface area (Å²) in [6.07, 6.45) is 0. The molecule has 0 aromatic carbocycles. The van der Waals surface area contributed by atoms with Gasteiger partial charge >= 0.3 is 0 Å². The summed E-state index contributed by atoms with van der Waals surface area (Å²) in [6, 6.07) is 0. The lowest BCUT2D eigenvalue weighted by atomic mass is 10.3. The van der Waals surface area contributed by atoms with Gasteiger partial charge in [-0.2, -0.15) is 0 Å². The Morgan fingerprint density at radius 3 is 1.87 bits per heavy atom. The van der Waals surface area contributed by atoms with Gasteiger partial charge in [-0.05, 0) is 0 Å². The summed E-state index contributed by atoms with van der Waals surface area (Å²) in [4.78, 5) is 4.86. The number of piperazine rings is 1. The molecule has 0 bridgehead atoms. The molecule has 4 nitrogen and oxygen atoms in total. The molecule has 1 fully saturated rings. The molecule has 2 N–H and O–H groups in total. The van der Waals surface area contributed by atoms with E-state index < -0.39 is 0 Å². The van der Waals surface area contributed by atoms with Crippen molar-refractivity contribution in [3.63, 3.8) is 0 Å². The second-order valence-corrected chi connectivity index (χ2v) is 3.46. The Morgan fingerprint density at radius 2 is 1.47 bits per heavy atom. The van der Waals surface area contributed by atoms with Gasteiger partial charge in [0, 0.05) is 52.9 Å². The minimum atomic E-state index is 0.776. The van der Waals surface area contributed by atoms with E-state index in [9.17, 15) is 0 Å². The molecule has 15 heavy (non-hydrogen) atoms. The molecular weight excluding hydrogens is 190 g/mol. The third-order valence-corrected chi connectivity index (χ3v) is 2.52. The summed E-state index contributed by atoms with van der Waals surface area (Å²) in [5.74, 6) is 0. The number of ether oxygens (including phenoxy) is 1. The van der Waals surface area contributed by atoms with Crippen molar-refractivity contribution in [2.24, 2.45) is 5.73 Å². The molecule has 0 aromatic heterocycles. The first-order valence-corrected chi connectivity index (χ1v) is 6.00. The molecule has 0 amide bonds. The molecule has 0 saturated carbocycles. The fourth-order valence-electron chi connectivity index (χ4n) is 1.64. The Balaban J connectivity index is 0.000000921. The van der Waals surface area contributed by atoms with Gasteiger partial charge < -0.3 is 10.5 Å². The van der Waals surface area contributed by atoms with Gasteiger partial charge in [0.1, 0.15) is 0 Å².